The molecule has 4 rings (SSSR count). The molecule has 0 N–H and O–H groups in total. The molecule has 0 spiro atoms. The number of carbonyl (C=O) groups excluding carboxylic acids is 1. The Labute approximate surface area is 161 Å². The molecule has 1 aromatic carbocycles. The number of aromatic nitrogens is 1. The largest absolute Gasteiger partial charge is 0.370 e. The summed E-state index contributed by atoms with van der Waals surface area (Å²) in [4.78, 5) is 24.4. The maximum atomic E-state index is 13.2. The van der Waals surface area contributed by atoms with Crippen molar-refractivity contribution in [3.63, 3.8) is 0 Å². The zero-order valence-electron chi connectivity index (χ0n) is 15.8. The standard InChI is InChI=1S/C22H28N4O/c27-22(19-8-6-13-26(18-19)21-11-4-5-12-23-21)25-15-7-14-24(16-17-25)20-9-2-1-3-10-20/h1-5,9-12,19H,6-8,13-18H2/t19-/m0/s1. The van der Waals surface area contributed by atoms with Gasteiger partial charge < -0.3 is 14.7 Å². The molecule has 1 aromatic heterocycles. The first-order chi connectivity index (χ1) is 13.3. The third-order valence-electron chi connectivity index (χ3n) is 5.67. The van der Waals surface area contributed by atoms with E-state index in [4.69, 9.17) is 0 Å². The van der Waals surface area contributed by atoms with Crippen LogP contribution in [0.1, 0.15) is 19.3 Å². The molecule has 0 radical (unpaired) electrons. The van der Waals surface area contributed by atoms with Gasteiger partial charge in [0.15, 0.2) is 0 Å². The molecule has 27 heavy (non-hydrogen) atoms. The van der Waals surface area contributed by atoms with E-state index >= 15 is 0 Å². The molecule has 1 amide bonds. The molecular formula is C22H28N4O. The minimum Gasteiger partial charge on any atom is -0.370 e. The number of hydrogen-bond donors (Lipinski definition) is 0. The molecule has 3 heterocycles. The van der Waals surface area contributed by atoms with Gasteiger partial charge in [-0.2, -0.15) is 0 Å². The van der Waals surface area contributed by atoms with E-state index in [0.29, 0.717) is 5.91 Å². The van der Waals surface area contributed by atoms with Gasteiger partial charge in [0.2, 0.25) is 5.91 Å². The van der Waals surface area contributed by atoms with E-state index in [1.165, 1.54) is 5.69 Å². The average Bonchev–Trinajstić information content (AvgIpc) is 3.01. The lowest BCUT2D eigenvalue weighted by Crippen LogP contribution is -2.46. The van der Waals surface area contributed by atoms with Crippen molar-refractivity contribution in [2.24, 2.45) is 5.92 Å². The fourth-order valence-electron chi connectivity index (χ4n) is 4.22. The first-order valence-electron chi connectivity index (χ1n) is 10.1. The number of hydrogen-bond acceptors (Lipinski definition) is 4. The Kier molecular flexibility index (Phi) is 5.56. The molecule has 2 fully saturated rings. The molecule has 2 aliphatic rings. The van der Waals surface area contributed by atoms with Gasteiger partial charge in [-0.15, -0.1) is 0 Å². The van der Waals surface area contributed by atoms with E-state index in [0.717, 1.165) is 64.3 Å². The van der Waals surface area contributed by atoms with Crippen LogP contribution in [0.4, 0.5) is 11.5 Å². The molecular weight excluding hydrogens is 336 g/mol. The zero-order chi connectivity index (χ0) is 18.5. The number of benzene rings is 1. The van der Waals surface area contributed by atoms with Crippen LogP contribution in [-0.4, -0.2) is 55.1 Å². The molecule has 5 heteroatoms. The summed E-state index contributed by atoms with van der Waals surface area (Å²) in [6.07, 6.45) is 4.89. The normalized spacial score (nSPS) is 21.0. The number of rotatable bonds is 3. The maximum Gasteiger partial charge on any atom is 0.227 e. The van der Waals surface area contributed by atoms with E-state index in [1.807, 2.05) is 30.5 Å². The first-order valence-corrected chi connectivity index (χ1v) is 10.1. The van der Waals surface area contributed by atoms with Crippen LogP contribution in [0, 0.1) is 5.92 Å². The fourth-order valence-corrected chi connectivity index (χ4v) is 4.22. The predicted molar refractivity (Wildman–Crippen MR) is 109 cm³/mol. The van der Waals surface area contributed by atoms with E-state index in [2.05, 4.69) is 43.9 Å². The summed E-state index contributed by atoms with van der Waals surface area (Å²) in [7, 11) is 0. The quantitative estimate of drug-likeness (QED) is 0.839. The van der Waals surface area contributed by atoms with Crippen molar-refractivity contribution in [2.75, 3.05) is 49.1 Å². The SMILES string of the molecule is O=C([C@H]1CCCN(c2ccccn2)C1)N1CCCN(c2ccccc2)CC1. The van der Waals surface area contributed by atoms with E-state index < -0.39 is 0 Å². The van der Waals surface area contributed by atoms with Gasteiger partial charge in [0.1, 0.15) is 5.82 Å². The summed E-state index contributed by atoms with van der Waals surface area (Å²) in [5.74, 6) is 1.40. The lowest BCUT2D eigenvalue weighted by atomic mass is 9.96. The minimum absolute atomic E-state index is 0.0871. The number of carbonyl (C=O) groups is 1. The Morgan fingerprint density at radius 1 is 0.852 bits per heavy atom. The van der Waals surface area contributed by atoms with E-state index in [-0.39, 0.29) is 5.92 Å². The number of amides is 1. The molecule has 2 aromatic rings. The summed E-state index contributed by atoms with van der Waals surface area (Å²) in [6, 6.07) is 16.5. The molecule has 0 bridgehead atoms. The summed E-state index contributed by atoms with van der Waals surface area (Å²) < 4.78 is 0. The van der Waals surface area contributed by atoms with Gasteiger partial charge in [0.05, 0.1) is 5.92 Å². The maximum absolute atomic E-state index is 13.2. The van der Waals surface area contributed by atoms with E-state index in [9.17, 15) is 4.79 Å². The second-order valence-electron chi connectivity index (χ2n) is 7.47. The van der Waals surface area contributed by atoms with Crippen LogP contribution in [-0.2, 0) is 4.79 Å². The number of anilines is 2. The molecule has 142 valence electrons. The van der Waals surface area contributed by atoms with Crippen molar-refractivity contribution in [3.05, 3.63) is 54.7 Å². The highest BCUT2D eigenvalue weighted by molar-refractivity contribution is 5.80. The third-order valence-corrected chi connectivity index (χ3v) is 5.67. The van der Waals surface area contributed by atoms with Crippen molar-refractivity contribution in [1.29, 1.82) is 0 Å². The Morgan fingerprint density at radius 2 is 1.67 bits per heavy atom. The van der Waals surface area contributed by atoms with Crippen LogP contribution in [0.3, 0.4) is 0 Å². The topological polar surface area (TPSA) is 39.7 Å². The molecule has 2 aliphatic heterocycles. The summed E-state index contributed by atoms with van der Waals surface area (Å²) >= 11 is 0. The van der Waals surface area contributed by atoms with E-state index in [1.54, 1.807) is 0 Å². The third kappa shape index (κ3) is 4.24. The van der Waals surface area contributed by atoms with Crippen LogP contribution < -0.4 is 9.80 Å². The highest BCUT2D eigenvalue weighted by Crippen LogP contribution is 2.24. The second-order valence-corrected chi connectivity index (χ2v) is 7.47. The lowest BCUT2D eigenvalue weighted by molar-refractivity contribution is -0.135. The van der Waals surface area contributed by atoms with Gasteiger partial charge in [0.25, 0.3) is 0 Å². The average molecular weight is 364 g/mol. The Hall–Kier alpha value is -2.56. The van der Waals surface area contributed by atoms with Crippen molar-refractivity contribution < 1.29 is 4.79 Å². The second kappa shape index (κ2) is 8.42. The lowest BCUT2D eigenvalue weighted by Gasteiger charge is -2.35. The van der Waals surface area contributed by atoms with Crippen molar-refractivity contribution in [3.8, 4) is 0 Å². The zero-order valence-corrected chi connectivity index (χ0v) is 15.8. The van der Waals surface area contributed by atoms with Crippen molar-refractivity contribution in [2.45, 2.75) is 19.3 Å². The van der Waals surface area contributed by atoms with Gasteiger partial charge in [-0.1, -0.05) is 24.3 Å². The Bertz CT molecular complexity index is 736. The molecule has 0 saturated carbocycles. The molecule has 1 atom stereocenters. The summed E-state index contributed by atoms with van der Waals surface area (Å²) in [5, 5.41) is 0. The molecule has 0 aliphatic carbocycles. The molecule has 0 unspecified atom stereocenters. The highest BCUT2D eigenvalue weighted by atomic mass is 16.2. The number of piperidine rings is 1. The van der Waals surface area contributed by atoms with Crippen molar-refractivity contribution in [1.82, 2.24) is 9.88 Å². The molecule has 2 saturated heterocycles. The summed E-state index contributed by atoms with van der Waals surface area (Å²) in [5.41, 5.74) is 1.26. The van der Waals surface area contributed by atoms with Crippen LogP contribution in [0.15, 0.2) is 54.7 Å². The van der Waals surface area contributed by atoms with Gasteiger partial charge in [-0.05, 0) is 43.5 Å². The monoisotopic (exact) mass is 364 g/mol. The fraction of sp³-hybridized carbons (Fsp3) is 0.455. The minimum atomic E-state index is 0.0871. The number of para-hydroxylation sites is 1. The van der Waals surface area contributed by atoms with Gasteiger partial charge in [-0.25, -0.2) is 4.98 Å². The highest BCUT2D eigenvalue weighted by Gasteiger charge is 2.30. The first kappa shape index (κ1) is 17.8. The Morgan fingerprint density at radius 3 is 2.48 bits per heavy atom. The van der Waals surface area contributed by atoms with Gasteiger partial charge >= 0.3 is 0 Å². The van der Waals surface area contributed by atoms with Gasteiger partial charge in [0, 0.05) is 51.2 Å². The van der Waals surface area contributed by atoms with Crippen LogP contribution in [0.2, 0.25) is 0 Å². The Balaban J connectivity index is 1.37. The smallest absolute Gasteiger partial charge is 0.227 e. The van der Waals surface area contributed by atoms with Crippen molar-refractivity contribution >= 4 is 17.4 Å². The number of nitrogens with zero attached hydrogens (tertiary/aromatic N) is 4. The van der Waals surface area contributed by atoms with Crippen LogP contribution in [0.5, 0.6) is 0 Å². The van der Waals surface area contributed by atoms with Gasteiger partial charge in [-0.3, -0.25) is 4.79 Å². The summed E-state index contributed by atoms with van der Waals surface area (Å²) in [6.45, 7) is 5.37. The number of pyridine rings is 1. The van der Waals surface area contributed by atoms with Crippen LogP contribution >= 0.6 is 0 Å². The van der Waals surface area contributed by atoms with Crippen LogP contribution in [0.25, 0.3) is 0 Å². The molecule has 5 nitrogen and oxygen atoms in total. The predicted octanol–water partition coefficient (Wildman–Crippen LogP) is 3.04.